The van der Waals surface area contributed by atoms with Crippen molar-refractivity contribution in [2.45, 2.75) is 33.2 Å². The van der Waals surface area contributed by atoms with Crippen LogP contribution in [0.25, 0.3) is 0 Å². The molecule has 0 radical (unpaired) electrons. The minimum Gasteiger partial charge on any atom is -0.366 e. The van der Waals surface area contributed by atoms with Crippen LogP contribution in [0.4, 0.5) is 5.82 Å². The van der Waals surface area contributed by atoms with Crippen LogP contribution < -0.4 is 10.6 Å². The lowest BCUT2D eigenvalue weighted by molar-refractivity contribution is 0.0948. The molecule has 2 N–H and O–H groups in total. The maximum absolute atomic E-state index is 12.0. The van der Waals surface area contributed by atoms with E-state index in [0.717, 1.165) is 18.4 Å². The molecule has 1 amide bonds. The first-order chi connectivity index (χ1) is 10.7. The fourth-order valence-electron chi connectivity index (χ4n) is 1.95. The predicted octanol–water partition coefficient (Wildman–Crippen LogP) is 2.93. The minimum atomic E-state index is -0.158. The molecule has 0 saturated heterocycles. The molecular formula is C17H22N4O. The number of aromatic nitrogens is 2. The second-order valence-electron chi connectivity index (χ2n) is 5.24. The van der Waals surface area contributed by atoms with Crippen LogP contribution in [0.1, 0.15) is 41.4 Å². The van der Waals surface area contributed by atoms with Gasteiger partial charge in [0.05, 0.1) is 0 Å². The van der Waals surface area contributed by atoms with Gasteiger partial charge in [0, 0.05) is 19.2 Å². The van der Waals surface area contributed by atoms with E-state index in [1.54, 1.807) is 6.07 Å². The lowest BCUT2D eigenvalue weighted by atomic mass is 10.1. The summed E-state index contributed by atoms with van der Waals surface area (Å²) in [5.41, 5.74) is 2.78. The van der Waals surface area contributed by atoms with E-state index in [2.05, 4.69) is 58.7 Å². The minimum absolute atomic E-state index is 0.158. The number of anilines is 1. The monoisotopic (exact) mass is 298 g/mol. The molecule has 1 heterocycles. The first-order valence-electron chi connectivity index (χ1n) is 7.58. The first kappa shape index (κ1) is 15.9. The zero-order chi connectivity index (χ0) is 15.8. The number of hydrogen-bond acceptors (Lipinski definition) is 4. The van der Waals surface area contributed by atoms with Gasteiger partial charge < -0.3 is 10.6 Å². The molecule has 2 rings (SSSR count). The van der Waals surface area contributed by atoms with E-state index < -0.39 is 0 Å². The summed E-state index contributed by atoms with van der Waals surface area (Å²) in [5, 5.41) is 6.06. The van der Waals surface area contributed by atoms with Crippen molar-refractivity contribution in [3.63, 3.8) is 0 Å². The van der Waals surface area contributed by atoms with Gasteiger partial charge in [-0.3, -0.25) is 4.79 Å². The van der Waals surface area contributed by atoms with Gasteiger partial charge >= 0.3 is 0 Å². The Labute approximate surface area is 131 Å². The number of nitrogens with zero attached hydrogens (tertiary/aromatic N) is 2. The van der Waals surface area contributed by atoms with Crippen molar-refractivity contribution in [2.24, 2.45) is 0 Å². The van der Waals surface area contributed by atoms with Gasteiger partial charge in [0.15, 0.2) is 0 Å². The van der Waals surface area contributed by atoms with Crippen molar-refractivity contribution in [1.29, 1.82) is 0 Å². The normalized spacial score (nSPS) is 10.3. The summed E-state index contributed by atoms with van der Waals surface area (Å²) in [7, 11) is 0. The summed E-state index contributed by atoms with van der Waals surface area (Å²) < 4.78 is 0. The number of carbonyl (C=O) groups is 1. The van der Waals surface area contributed by atoms with E-state index in [-0.39, 0.29) is 5.91 Å². The Hall–Kier alpha value is -2.43. The molecule has 0 unspecified atom stereocenters. The molecule has 116 valence electrons. The molecule has 0 aliphatic heterocycles. The van der Waals surface area contributed by atoms with Crippen molar-refractivity contribution >= 4 is 11.7 Å². The lowest BCUT2D eigenvalue weighted by Gasteiger charge is -2.08. The first-order valence-corrected chi connectivity index (χ1v) is 7.58. The molecule has 1 aromatic heterocycles. The van der Waals surface area contributed by atoms with Gasteiger partial charge in [0.1, 0.15) is 17.8 Å². The predicted molar refractivity (Wildman–Crippen MR) is 87.8 cm³/mol. The number of rotatable bonds is 7. The van der Waals surface area contributed by atoms with Gasteiger partial charge in [0.2, 0.25) is 0 Å². The summed E-state index contributed by atoms with van der Waals surface area (Å²) in [6.45, 7) is 5.48. The van der Waals surface area contributed by atoms with Crippen molar-refractivity contribution in [2.75, 3.05) is 11.9 Å². The fraction of sp³-hybridized carbons (Fsp3) is 0.353. The maximum Gasteiger partial charge on any atom is 0.270 e. The van der Waals surface area contributed by atoms with E-state index in [1.165, 1.54) is 11.9 Å². The van der Waals surface area contributed by atoms with Crippen LogP contribution in [0.2, 0.25) is 0 Å². The summed E-state index contributed by atoms with van der Waals surface area (Å²) in [4.78, 5) is 20.1. The molecule has 0 saturated carbocycles. The Bertz CT molecular complexity index is 610. The number of aryl methyl sites for hydroxylation is 1. The zero-order valence-corrected chi connectivity index (χ0v) is 13.1. The number of amides is 1. The third kappa shape index (κ3) is 4.84. The second kappa shape index (κ2) is 8.12. The Morgan fingerprint density at radius 3 is 2.68 bits per heavy atom. The summed E-state index contributed by atoms with van der Waals surface area (Å²) in [5.74, 6) is 0.491. The fourth-order valence-corrected chi connectivity index (χ4v) is 1.95. The lowest BCUT2D eigenvalue weighted by Crippen LogP contribution is -2.25. The topological polar surface area (TPSA) is 66.9 Å². The largest absolute Gasteiger partial charge is 0.366 e. The van der Waals surface area contributed by atoms with Crippen LogP contribution in [0.3, 0.4) is 0 Å². The Kier molecular flexibility index (Phi) is 5.89. The van der Waals surface area contributed by atoms with Gasteiger partial charge in [0.25, 0.3) is 5.91 Å². The number of hydrogen-bond donors (Lipinski definition) is 2. The molecule has 5 nitrogen and oxygen atoms in total. The van der Waals surface area contributed by atoms with E-state index >= 15 is 0 Å². The standard InChI is InChI=1S/C17H22N4O/c1-3-4-9-18-17(22)15-10-16(21-12-20-15)19-11-14-7-5-13(2)6-8-14/h5-8,10,12H,3-4,9,11H2,1-2H3,(H,18,22)(H,19,20,21). The second-order valence-corrected chi connectivity index (χ2v) is 5.24. The van der Waals surface area contributed by atoms with Crippen LogP contribution in [0, 0.1) is 6.92 Å². The molecule has 0 aliphatic rings. The number of benzene rings is 1. The molecule has 0 aliphatic carbocycles. The van der Waals surface area contributed by atoms with Gasteiger partial charge in [-0.05, 0) is 18.9 Å². The molecule has 1 aromatic carbocycles. The summed E-state index contributed by atoms with van der Waals surface area (Å²) >= 11 is 0. The smallest absolute Gasteiger partial charge is 0.270 e. The number of carbonyl (C=O) groups excluding carboxylic acids is 1. The van der Waals surface area contributed by atoms with Crippen molar-refractivity contribution < 1.29 is 4.79 Å². The van der Waals surface area contributed by atoms with Gasteiger partial charge in [-0.25, -0.2) is 9.97 Å². The van der Waals surface area contributed by atoms with Gasteiger partial charge in [-0.2, -0.15) is 0 Å². The Morgan fingerprint density at radius 1 is 1.18 bits per heavy atom. The van der Waals surface area contributed by atoms with Crippen LogP contribution in [0.5, 0.6) is 0 Å². The van der Waals surface area contributed by atoms with Gasteiger partial charge in [-0.15, -0.1) is 0 Å². The highest BCUT2D eigenvalue weighted by Crippen LogP contribution is 2.08. The number of nitrogens with one attached hydrogen (secondary N) is 2. The molecule has 2 aromatic rings. The van der Waals surface area contributed by atoms with Crippen LogP contribution in [-0.4, -0.2) is 22.4 Å². The average molecular weight is 298 g/mol. The molecule has 0 spiro atoms. The molecule has 0 fully saturated rings. The number of unbranched alkanes of at least 4 members (excludes halogenated alkanes) is 1. The van der Waals surface area contributed by atoms with E-state index in [9.17, 15) is 4.79 Å². The zero-order valence-electron chi connectivity index (χ0n) is 13.1. The molecular weight excluding hydrogens is 276 g/mol. The summed E-state index contributed by atoms with van der Waals surface area (Å²) in [6.07, 6.45) is 3.43. The highest BCUT2D eigenvalue weighted by atomic mass is 16.1. The average Bonchev–Trinajstić information content (AvgIpc) is 2.55. The van der Waals surface area contributed by atoms with Crippen molar-refractivity contribution in [3.8, 4) is 0 Å². The Morgan fingerprint density at radius 2 is 1.95 bits per heavy atom. The Balaban J connectivity index is 1.93. The van der Waals surface area contributed by atoms with E-state index in [1.807, 2.05) is 0 Å². The van der Waals surface area contributed by atoms with Crippen molar-refractivity contribution in [1.82, 2.24) is 15.3 Å². The molecule has 5 heteroatoms. The molecule has 22 heavy (non-hydrogen) atoms. The molecule has 0 atom stereocenters. The SMILES string of the molecule is CCCCNC(=O)c1cc(NCc2ccc(C)cc2)ncn1. The summed E-state index contributed by atoms with van der Waals surface area (Å²) in [6, 6.07) is 9.96. The van der Waals surface area contributed by atoms with Crippen LogP contribution in [-0.2, 0) is 6.54 Å². The maximum atomic E-state index is 12.0. The highest BCUT2D eigenvalue weighted by Gasteiger charge is 2.07. The van der Waals surface area contributed by atoms with E-state index in [4.69, 9.17) is 0 Å². The third-order valence-electron chi connectivity index (χ3n) is 3.31. The van der Waals surface area contributed by atoms with Crippen molar-refractivity contribution in [3.05, 3.63) is 53.5 Å². The van der Waals surface area contributed by atoms with Crippen LogP contribution >= 0.6 is 0 Å². The molecule has 0 bridgehead atoms. The quantitative estimate of drug-likeness (QED) is 0.771. The van der Waals surface area contributed by atoms with E-state index in [0.29, 0.717) is 24.6 Å². The third-order valence-corrected chi connectivity index (χ3v) is 3.31. The highest BCUT2D eigenvalue weighted by molar-refractivity contribution is 5.92. The van der Waals surface area contributed by atoms with Crippen LogP contribution in [0.15, 0.2) is 36.7 Å². The van der Waals surface area contributed by atoms with Gasteiger partial charge in [-0.1, -0.05) is 43.2 Å².